The van der Waals surface area contributed by atoms with Gasteiger partial charge in [0.1, 0.15) is 11.9 Å². The molecule has 7 nitrogen and oxygen atoms in total. The van der Waals surface area contributed by atoms with Crippen LogP contribution in [0.2, 0.25) is 5.02 Å². The SMILES string of the molecule is C[C@@H]1CN(C(=O)c2cc3c(C(=O)OC(C)(C)C)ncn3c3ccc(Cl)cc23)C[C@@H](C)N1. The van der Waals surface area contributed by atoms with Gasteiger partial charge in [0.15, 0.2) is 5.69 Å². The molecule has 0 bridgehead atoms. The second kappa shape index (κ2) is 7.80. The zero-order valence-electron chi connectivity index (χ0n) is 18.4. The van der Waals surface area contributed by atoms with Gasteiger partial charge in [0.05, 0.1) is 16.6 Å². The molecule has 1 N–H and O–H groups in total. The normalized spacial score (nSPS) is 19.7. The Morgan fingerprint density at radius 1 is 1.13 bits per heavy atom. The fourth-order valence-corrected chi connectivity index (χ4v) is 4.33. The molecule has 1 amide bonds. The molecule has 3 heterocycles. The number of carbonyl (C=O) groups excluding carboxylic acids is 2. The fraction of sp³-hybridized carbons (Fsp3) is 0.435. The number of benzene rings is 1. The highest BCUT2D eigenvalue weighted by Crippen LogP contribution is 2.29. The van der Waals surface area contributed by atoms with E-state index in [1.165, 1.54) is 0 Å². The minimum Gasteiger partial charge on any atom is -0.455 e. The third-order valence-electron chi connectivity index (χ3n) is 5.26. The highest BCUT2D eigenvalue weighted by atomic mass is 35.5. The molecule has 1 aromatic carbocycles. The second-order valence-electron chi connectivity index (χ2n) is 9.25. The van der Waals surface area contributed by atoms with E-state index in [0.29, 0.717) is 29.2 Å². The van der Waals surface area contributed by atoms with Gasteiger partial charge in [0.25, 0.3) is 5.91 Å². The number of ether oxygens (including phenoxy) is 1. The van der Waals surface area contributed by atoms with Crippen LogP contribution in [0.1, 0.15) is 55.5 Å². The Balaban J connectivity index is 1.88. The number of esters is 1. The van der Waals surface area contributed by atoms with Crippen molar-refractivity contribution < 1.29 is 14.3 Å². The number of piperazine rings is 1. The average molecular weight is 443 g/mol. The molecule has 4 rings (SSSR count). The van der Waals surface area contributed by atoms with Gasteiger partial charge in [-0.25, -0.2) is 9.78 Å². The molecule has 0 radical (unpaired) electrons. The Hall–Kier alpha value is -2.64. The Bertz CT molecular complexity index is 1170. The van der Waals surface area contributed by atoms with Crippen molar-refractivity contribution in [2.45, 2.75) is 52.3 Å². The van der Waals surface area contributed by atoms with Gasteiger partial charge in [-0.3, -0.25) is 9.20 Å². The van der Waals surface area contributed by atoms with E-state index < -0.39 is 11.6 Å². The summed E-state index contributed by atoms with van der Waals surface area (Å²) in [6.45, 7) is 10.8. The molecule has 2 atom stereocenters. The third-order valence-corrected chi connectivity index (χ3v) is 5.50. The average Bonchev–Trinajstić information content (AvgIpc) is 3.08. The lowest BCUT2D eigenvalue weighted by atomic mass is 10.0. The van der Waals surface area contributed by atoms with Crippen molar-refractivity contribution in [1.82, 2.24) is 19.6 Å². The van der Waals surface area contributed by atoms with Gasteiger partial charge in [-0.1, -0.05) is 11.6 Å². The van der Waals surface area contributed by atoms with Gasteiger partial charge < -0.3 is 15.0 Å². The first-order valence-electron chi connectivity index (χ1n) is 10.4. The van der Waals surface area contributed by atoms with Crippen LogP contribution in [-0.2, 0) is 4.74 Å². The van der Waals surface area contributed by atoms with Crippen molar-refractivity contribution in [2.75, 3.05) is 13.1 Å². The number of amides is 1. The van der Waals surface area contributed by atoms with E-state index in [0.717, 1.165) is 10.9 Å². The van der Waals surface area contributed by atoms with E-state index in [1.807, 2.05) is 31.7 Å². The van der Waals surface area contributed by atoms with E-state index >= 15 is 0 Å². The lowest BCUT2D eigenvalue weighted by Gasteiger charge is -2.36. The quantitative estimate of drug-likeness (QED) is 0.609. The van der Waals surface area contributed by atoms with Crippen LogP contribution in [0.4, 0.5) is 0 Å². The first kappa shape index (κ1) is 21.6. The number of hydrogen-bond donors (Lipinski definition) is 1. The van der Waals surface area contributed by atoms with Crippen LogP contribution in [0, 0.1) is 0 Å². The summed E-state index contributed by atoms with van der Waals surface area (Å²) >= 11 is 6.27. The number of aromatic nitrogens is 2. The van der Waals surface area contributed by atoms with E-state index in [1.54, 1.807) is 28.9 Å². The zero-order chi connectivity index (χ0) is 22.5. The molecule has 1 fully saturated rings. The molecule has 8 heteroatoms. The van der Waals surface area contributed by atoms with Crippen LogP contribution in [-0.4, -0.2) is 56.9 Å². The molecular weight excluding hydrogens is 416 g/mol. The van der Waals surface area contributed by atoms with E-state index in [4.69, 9.17) is 16.3 Å². The lowest BCUT2D eigenvalue weighted by Crippen LogP contribution is -2.55. The summed E-state index contributed by atoms with van der Waals surface area (Å²) in [4.78, 5) is 32.5. The molecule has 31 heavy (non-hydrogen) atoms. The van der Waals surface area contributed by atoms with Crippen LogP contribution in [0.5, 0.6) is 0 Å². The molecule has 1 saturated heterocycles. The zero-order valence-corrected chi connectivity index (χ0v) is 19.2. The molecule has 1 aliphatic heterocycles. The number of rotatable bonds is 2. The molecule has 0 saturated carbocycles. The number of halogens is 1. The van der Waals surface area contributed by atoms with Gasteiger partial charge in [0, 0.05) is 35.6 Å². The summed E-state index contributed by atoms with van der Waals surface area (Å²) in [6, 6.07) is 7.50. The number of fused-ring (bicyclic) bond motifs is 3. The maximum Gasteiger partial charge on any atom is 0.359 e. The Morgan fingerprint density at radius 3 is 2.45 bits per heavy atom. The predicted molar refractivity (Wildman–Crippen MR) is 121 cm³/mol. The van der Waals surface area contributed by atoms with Crippen LogP contribution in [0.15, 0.2) is 30.6 Å². The van der Waals surface area contributed by atoms with E-state index in [2.05, 4.69) is 24.1 Å². The molecule has 0 spiro atoms. The number of nitrogens with zero attached hydrogens (tertiary/aromatic N) is 3. The summed E-state index contributed by atoms with van der Waals surface area (Å²) in [5.74, 6) is -0.613. The molecule has 3 aromatic rings. The third kappa shape index (κ3) is 4.25. The van der Waals surface area contributed by atoms with E-state index in [9.17, 15) is 9.59 Å². The lowest BCUT2D eigenvalue weighted by molar-refractivity contribution is 0.00656. The van der Waals surface area contributed by atoms with Crippen molar-refractivity contribution in [1.29, 1.82) is 0 Å². The summed E-state index contributed by atoms with van der Waals surface area (Å²) in [7, 11) is 0. The van der Waals surface area contributed by atoms with Gasteiger partial charge in [-0.2, -0.15) is 0 Å². The predicted octanol–water partition coefficient (Wildman–Crippen LogP) is 3.92. The van der Waals surface area contributed by atoms with Crippen LogP contribution in [0.3, 0.4) is 0 Å². The summed E-state index contributed by atoms with van der Waals surface area (Å²) in [5.41, 5.74) is 1.32. The molecule has 2 aromatic heterocycles. The van der Waals surface area contributed by atoms with E-state index in [-0.39, 0.29) is 23.7 Å². The fourth-order valence-electron chi connectivity index (χ4n) is 4.16. The topological polar surface area (TPSA) is 75.9 Å². The second-order valence-corrected chi connectivity index (χ2v) is 9.69. The monoisotopic (exact) mass is 442 g/mol. The minimum absolute atomic E-state index is 0.0914. The van der Waals surface area contributed by atoms with Gasteiger partial charge in [0.2, 0.25) is 0 Å². The van der Waals surface area contributed by atoms with Crippen molar-refractivity contribution in [3.63, 3.8) is 0 Å². The minimum atomic E-state index is -0.650. The molecule has 0 aliphatic carbocycles. The summed E-state index contributed by atoms with van der Waals surface area (Å²) in [5, 5.41) is 4.70. The highest BCUT2D eigenvalue weighted by molar-refractivity contribution is 6.31. The smallest absolute Gasteiger partial charge is 0.359 e. The van der Waals surface area contributed by atoms with Gasteiger partial charge >= 0.3 is 5.97 Å². The van der Waals surface area contributed by atoms with Gasteiger partial charge in [-0.15, -0.1) is 0 Å². The number of carbonyl (C=O) groups is 2. The first-order valence-corrected chi connectivity index (χ1v) is 10.8. The van der Waals surface area contributed by atoms with Crippen LogP contribution in [0.25, 0.3) is 16.4 Å². The Kier molecular flexibility index (Phi) is 5.43. The summed E-state index contributed by atoms with van der Waals surface area (Å²) < 4.78 is 7.32. The summed E-state index contributed by atoms with van der Waals surface area (Å²) in [6.07, 6.45) is 1.58. The molecule has 164 valence electrons. The number of pyridine rings is 1. The Labute approximate surface area is 186 Å². The Morgan fingerprint density at radius 2 is 1.81 bits per heavy atom. The maximum atomic E-state index is 13.6. The largest absolute Gasteiger partial charge is 0.455 e. The van der Waals surface area contributed by atoms with Crippen molar-refractivity contribution in [3.05, 3.63) is 46.9 Å². The molecular formula is C23H27ClN4O3. The van der Waals surface area contributed by atoms with Crippen LogP contribution >= 0.6 is 11.6 Å². The first-order chi connectivity index (χ1) is 14.5. The highest BCUT2D eigenvalue weighted by Gasteiger charge is 2.29. The number of imidazole rings is 1. The number of hydrogen-bond acceptors (Lipinski definition) is 5. The van der Waals surface area contributed by atoms with Crippen molar-refractivity contribution >= 4 is 39.9 Å². The number of nitrogens with one attached hydrogen (secondary N) is 1. The van der Waals surface area contributed by atoms with Crippen molar-refractivity contribution in [2.24, 2.45) is 0 Å². The maximum absolute atomic E-state index is 13.6. The molecule has 1 aliphatic rings. The molecule has 0 unspecified atom stereocenters. The van der Waals surface area contributed by atoms with Crippen LogP contribution < -0.4 is 5.32 Å². The standard InChI is InChI=1S/C23H27ClN4O3/c1-13-10-27(11-14(2)26-13)21(29)17-9-19-20(22(30)31-23(3,4)5)25-12-28(19)18-7-6-15(24)8-16(17)18/h6-9,12-14,26H,10-11H2,1-5H3/t13-,14-/m1/s1. The van der Waals surface area contributed by atoms with Gasteiger partial charge in [-0.05, 0) is 58.9 Å². The van der Waals surface area contributed by atoms with Crippen molar-refractivity contribution in [3.8, 4) is 0 Å².